The molecule has 2 atom stereocenters. The van der Waals surface area contributed by atoms with Crippen LogP contribution in [-0.4, -0.2) is 23.2 Å². The Morgan fingerprint density at radius 2 is 2.25 bits per heavy atom. The molecule has 1 aliphatic carbocycles. The predicted molar refractivity (Wildman–Crippen MR) is 75.4 cm³/mol. The number of carbonyl (C=O) groups excluding carboxylic acids is 1. The van der Waals surface area contributed by atoms with E-state index in [0.717, 1.165) is 5.56 Å². The van der Waals surface area contributed by atoms with Crippen molar-refractivity contribution in [3.8, 4) is 0 Å². The fourth-order valence-corrected chi connectivity index (χ4v) is 2.90. The lowest BCUT2D eigenvalue weighted by atomic mass is 9.84. The number of nitrogens with zero attached hydrogens (tertiary/aromatic N) is 1. The van der Waals surface area contributed by atoms with Crippen molar-refractivity contribution in [2.75, 3.05) is 6.54 Å². The second kappa shape index (κ2) is 4.71. The van der Waals surface area contributed by atoms with Crippen LogP contribution in [0.3, 0.4) is 0 Å². The van der Waals surface area contributed by atoms with Gasteiger partial charge in [-0.25, -0.2) is 0 Å². The van der Waals surface area contributed by atoms with E-state index in [9.17, 15) is 9.18 Å². The Morgan fingerprint density at radius 1 is 1.45 bits per heavy atom. The Balaban J connectivity index is 1.94. The van der Waals surface area contributed by atoms with Crippen molar-refractivity contribution in [1.82, 2.24) is 0 Å². The molecule has 4 heteroatoms. The van der Waals surface area contributed by atoms with Crippen LogP contribution in [0.25, 0.3) is 0 Å². The van der Waals surface area contributed by atoms with Gasteiger partial charge in [-0.15, -0.1) is 0 Å². The molecule has 2 N–H and O–H groups in total. The van der Waals surface area contributed by atoms with Gasteiger partial charge in [-0.2, -0.15) is 8.97 Å². The number of nitrogens with two attached hydrogens (primary N) is 1. The lowest BCUT2D eigenvalue weighted by Gasteiger charge is -2.16. The highest BCUT2D eigenvalue weighted by Gasteiger charge is 2.39. The van der Waals surface area contributed by atoms with Gasteiger partial charge in [-0.1, -0.05) is 24.3 Å². The number of fused-ring (bicyclic) bond motifs is 1. The number of primary amides is 1. The fraction of sp³-hybridized carbons (Fsp3) is 0.250. The maximum atomic E-state index is 14.0. The number of aryl methyl sites for hydroxylation is 1. The lowest BCUT2D eigenvalue weighted by molar-refractivity contribution is -0.433. The second-order valence-corrected chi connectivity index (χ2v) is 5.31. The van der Waals surface area contributed by atoms with Crippen LogP contribution in [0.15, 0.2) is 42.0 Å². The Hall–Kier alpha value is -2.23. The highest BCUT2D eigenvalue weighted by Crippen LogP contribution is 2.32. The summed E-state index contributed by atoms with van der Waals surface area (Å²) >= 11 is 0. The van der Waals surface area contributed by atoms with E-state index in [2.05, 4.69) is 0 Å². The van der Waals surface area contributed by atoms with Crippen LogP contribution >= 0.6 is 0 Å². The van der Waals surface area contributed by atoms with Gasteiger partial charge in [0.25, 0.3) is 0 Å². The minimum atomic E-state index is -0.399. The number of halogens is 1. The summed E-state index contributed by atoms with van der Waals surface area (Å²) in [5.74, 6) is -0.529. The van der Waals surface area contributed by atoms with E-state index in [-0.39, 0.29) is 17.7 Å². The largest absolute Gasteiger partial charge is 0.366 e. The molecule has 0 radical (unpaired) electrons. The molecule has 1 amide bonds. The predicted octanol–water partition coefficient (Wildman–Crippen LogP) is 2.08. The molecule has 20 heavy (non-hydrogen) atoms. The van der Waals surface area contributed by atoms with Crippen molar-refractivity contribution in [3.63, 3.8) is 0 Å². The van der Waals surface area contributed by atoms with E-state index in [1.807, 2.05) is 35.9 Å². The molecule has 3 rings (SSSR count). The minimum absolute atomic E-state index is 0.0122. The third-order valence-corrected chi connectivity index (χ3v) is 3.92. The van der Waals surface area contributed by atoms with Gasteiger partial charge in [0.2, 0.25) is 11.6 Å². The van der Waals surface area contributed by atoms with Crippen LogP contribution in [0.1, 0.15) is 5.56 Å². The Morgan fingerprint density at radius 3 is 2.95 bits per heavy atom. The molecule has 1 aromatic rings. The molecule has 0 aromatic heterocycles. The van der Waals surface area contributed by atoms with Crippen LogP contribution in [0.4, 0.5) is 10.1 Å². The van der Waals surface area contributed by atoms with Gasteiger partial charge in [-0.05, 0) is 18.6 Å². The molecule has 3 nitrogen and oxygen atoms in total. The summed E-state index contributed by atoms with van der Waals surface area (Å²) in [7, 11) is 0. The van der Waals surface area contributed by atoms with E-state index in [1.54, 1.807) is 12.1 Å². The quantitative estimate of drug-likeness (QED) is 0.822. The number of amides is 1. The van der Waals surface area contributed by atoms with Gasteiger partial charge in [-0.3, -0.25) is 4.79 Å². The molecular weight excluding hydrogens is 255 g/mol. The summed E-state index contributed by atoms with van der Waals surface area (Å²) in [6.07, 6.45) is 7.58. The van der Waals surface area contributed by atoms with Crippen molar-refractivity contribution >= 4 is 17.8 Å². The van der Waals surface area contributed by atoms with E-state index < -0.39 is 5.91 Å². The average Bonchev–Trinajstić information content (AvgIpc) is 2.81. The van der Waals surface area contributed by atoms with Crippen LogP contribution in [0, 0.1) is 24.6 Å². The first kappa shape index (κ1) is 12.8. The fourth-order valence-electron chi connectivity index (χ4n) is 2.90. The van der Waals surface area contributed by atoms with Crippen molar-refractivity contribution in [1.29, 1.82) is 0 Å². The van der Waals surface area contributed by atoms with Gasteiger partial charge in [0.05, 0.1) is 11.8 Å². The zero-order chi connectivity index (χ0) is 14.3. The van der Waals surface area contributed by atoms with E-state index in [1.165, 1.54) is 6.07 Å². The maximum Gasteiger partial charge on any atom is 0.245 e. The van der Waals surface area contributed by atoms with Crippen LogP contribution < -0.4 is 5.73 Å². The van der Waals surface area contributed by atoms with Gasteiger partial charge >= 0.3 is 0 Å². The van der Waals surface area contributed by atoms with Gasteiger partial charge < -0.3 is 5.73 Å². The van der Waals surface area contributed by atoms with Gasteiger partial charge in [0.15, 0.2) is 18.6 Å². The molecule has 0 bridgehead atoms. The van der Waals surface area contributed by atoms with Crippen LogP contribution in [0.2, 0.25) is 0 Å². The zero-order valence-electron chi connectivity index (χ0n) is 11.2. The standard InChI is InChI=1S/C16H15FN2O/c1-10-5-6-15(14(17)7-10)19-8-11-3-2-4-12(16(18)20)13(11)9-19/h2-8,11,13H,9H2,1H3,(H-,18,20)/p+1. The molecule has 2 unspecified atom stereocenters. The number of hydrogen-bond acceptors (Lipinski definition) is 1. The zero-order valence-corrected chi connectivity index (χ0v) is 11.2. The number of hydrogen-bond donors (Lipinski definition) is 1. The summed E-state index contributed by atoms with van der Waals surface area (Å²) in [4.78, 5) is 11.5. The molecule has 1 aliphatic heterocycles. The van der Waals surface area contributed by atoms with Crippen molar-refractivity contribution in [3.05, 3.63) is 53.4 Å². The van der Waals surface area contributed by atoms with Crippen LogP contribution in [-0.2, 0) is 4.79 Å². The highest BCUT2D eigenvalue weighted by atomic mass is 19.1. The first-order valence-electron chi connectivity index (χ1n) is 6.62. The molecular formula is C16H16FN2O+. The van der Waals surface area contributed by atoms with Crippen molar-refractivity contribution in [2.24, 2.45) is 17.6 Å². The average molecular weight is 271 g/mol. The van der Waals surface area contributed by atoms with Crippen LogP contribution in [0.5, 0.6) is 0 Å². The molecule has 0 saturated heterocycles. The summed E-state index contributed by atoms with van der Waals surface area (Å²) in [6, 6.07) is 5.18. The van der Waals surface area contributed by atoms with Crippen molar-refractivity contribution < 1.29 is 13.8 Å². The third-order valence-electron chi connectivity index (χ3n) is 3.92. The monoisotopic (exact) mass is 271 g/mol. The lowest BCUT2D eigenvalue weighted by Crippen LogP contribution is -2.27. The molecule has 1 heterocycles. The minimum Gasteiger partial charge on any atom is -0.366 e. The maximum absolute atomic E-state index is 14.0. The second-order valence-electron chi connectivity index (χ2n) is 5.31. The summed E-state index contributed by atoms with van der Waals surface area (Å²) in [5, 5.41) is 0. The number of rotatable bonds is 2. The summed E-state index contributed by atoms with van der Waals surface area (Å²) in [5.41, 5.74) is 7.46. The number of carbonyl (C=O) groups is 1. The SMILES string of the molecule is Cc1ccc([N+]2=CC3C=CC=C(C(N)=O)C3C2)c(F)c1. The Kier molecular flexibility index (Phi) is 3.01. The molecule has 1 aromatic carbocycles. The Bertz CT molecular complexity index is 673. The normalized spacial score (nSPS) is 24.1. The van der Waals surface area contributed by atoms with Gasteiger partial charge in [0, 0.05) is 11.6 Å². The van der Waals surface area contributed by atoms with E-state index in [0.29, 0.717) is 17.8 Å². The van der Waals surface area contributed by atoms with Crippen molar-refractivity contribution in [2.45, 2.75) is 6.92 Å². The molecule has 2 aliphatic rings. The number of allylic oxidation sites excluding steroid dienone is 3. The molecule has 0 fully saturated rings. The first-order chi connectivity index (χ1) is 9.56. The third kappa shape index (κ3) is 2.07. The van der Waals surface area contributed by atoms with Gasteiger partial charge in [0.1, 0.15) is 0 Å². The molecule has 0 spiro atoms. The summed E-state index contributed by atoms with van der Waals surface area (Å²) < 4.78 is 15.9. The molecule has 102 valence electrons. The number of benzene rings is 1. The Labute approximate surface area is 116 Å². The van der Waals surface area contributed by atoms with E-state index in [4.69, 9.17) is 5.73 Å². The van der Waals surface area contributed by atoms with E-state index >= 15 is 0 Å². The smallest absolute Gasteiger partial charge is 0.245 e. The topological polar surface area (TPSA) is 46.1 Å². The summed E-state index contributed by atoms with van der Waals surface area (Å²) in [6.45, 7) is 2.43. The first-order valence-corrected chi connectivity index (χ1v) is 6.62. The molecule has 0 saturated carbocycles. The highest BCUT2D eigenvalue weighted by molar-refractivity contribution is 5.94.